The minimum Gasteiger partial charge on any atom is -0.462 e. The third kappa shape index (κ3) is 65.0. The fourth-order valence-corrected chi connectivity index (χ4v) is 11.2. The molecular formula is C72H138O6. The molecule has 0 saturated heterocycles. The van der Waals surface area contributed by atoms with E-state index in [2.05, 4.69) is 32.9 Å². The molecule has 0 heterocycles. The highest BCUT2D eigenvalue weighted by Crippen LogP contribution is 2.19. The van der Waals surface area contributed by atoms with Gasteiger partial charge in [0.15, 0.2) is 6.10 Å². The maximum atomic E-state index is 12.9. The molecule has 0 spiro atoms. The number of rotatable bonds is 67. The summed E-state index contributed by atoms with van der Waals surface area (Å²) in [5.74, 6) is -0.829. The summed E-state index contributed by atoms with van der Waals surface area (Å²) in [7, 11) is 0. The van der Waals surface area contributed by atoms with E-state index in [1.54, 1.807) is 0 Å². The highest BCUT2D eigenvalue weighted by Gasteiger charge is 2.19. The number of hydrogen-bond acceptors (Lipinski definition) is 6. The van der Waals surface area contributed by atoms with Gasteiger partial charge in [-0.3, -0.25) is 14.4 Å². The molecule has 0 bridgehead atoms. The first-order chi connectivity index (χ1) is 38.5. The Bertz CT molecular complexity index is 1210. The van der Waals surface area contributed by atoms with Crippen LogP contribution in [0.1, 0.15) is 412 Å². The maximum absolute atomic E-state index is 12.9. The monoisotopic (exact) mass is 1100 g/mol. The van der Waals surface area contributed by atoms with E-state index < -0.39 is 6.10 Å². The third-order valence-corrected chi connectivity index (χ3v) is 16.5. The number of ether oxygens (including phenoxy) is 3. The standard InChI is InChI=1S/C72H138O6/c1-4-7-10-13-16-19-22-24-26-28-30-31-32-33-34-35-36-37-38-39-40-41-43-44-46-48-50-53-56-59-62-65-71(74)77-68-69(67-76-70(73)64-61-58-55-52-21-18-15-12-9-6-3)78-72(75)66-63-60-57-54-51-49-47-45-42-29-27-25-23-20-17-14-11-8-5-2/h28,30,69H,4-27,29,31-68H2,1-3H3/b30-28-. The number of carbonyl (C=O) groups excluding carboxylic acids is 3. The highest BCUT2D eigenvalue weighted by atomic mass is 16.6. The van der Waals surface area contributed by atoms with E-state index in [4.69, 9.17) is 14.2 Å². The zero-order chi connectivity index (χ0) is 56.4. The molecule has 0 fully saturated rings. The molecule has 0 aliphatic rings. The molecule has 0 N–H and O–H groups in total. The SMILES string of the molecule is CCCCCCCCCC/C=C\CCCCCCCCCCCCCCCCCCCCCC(=O)OCC(COC(=O)CCCCCCCCCCCC)OC(=O)CCCCCCCCCCCCCCCCCCCCC. The number of esters is 3. The third-order valence-electron chi connectivity index (χ3n) is 16.5. The van der Waals surface area contributed by atoms with Crippen LogP contribution in [0.25, 0.3) is 0 Å². The Kier molecular flexibility index (Phi) is 66.0. The van der Waals surface area contributed by atoms with Crippen molar-refractivity contribution >= 4 is 17.9 Å². The molecule has 0 rings (SSSR count). The number of hydrogen-bond donors (Lipinski definition) is 0. The lowest BCUT2D eigenvalue weighted by Gasteiger charge is -2.18. The summed E-state index contributed by atoms with van der Waals surface area (Å²) < 4.78 is 17.0. The summed E-state index contributed by atoms with van der Waals surface area (Å²) >= 11 is 0. The van der Waals surface area contributed by atoms with Gasteiger partial charge in [-0.05, 0) is 44.9 Å². The van der Waals surface area contributed by atoms with E-state index in [1.165, 1.54) is 315 Å². The van der Waals surface area contributed by atoms with Crippen LogP contribution < -0.4 is 0 Å². The van der Waals surface area contributed by atoms with E-state index in [0.717, 1.165) is 57.8 Å². The second-order valence-electron chi connectivity index (χ2n) is 24.5. The van der Waals surface area contributed by atoms with Crippen molar-refractivity contribution in [3.63, 3.8) is 0 Å². The Morgan fingerprint density at radius 1 is 0.244 bits per heavy atom. The predicted molar refractivity (Wildman–Crippen MR) is 340 cm³/mol. The van der Waals surface area contributed by atoms with Crippen molar-refractivity contribution in [1.82, 2.24) is 0 Å². The minimum absolute atomic E-state index is 0.0621. The van der Waals surface area contributed by atoms with Crippen molar-refractivity contribution < 1.29 is 28.6 Å². The summed E-state index contributed by atoms with van der Waals surface area (Å²) in [6.45, 7) is 6.71. The summed E-state index contributed by atoms with van der Waals surface area (Å²) in [5, 5.41) is 0. The topological polar surface area (TPSA) is 78.9 Å². The van der Waals surface area contributed by atoms with Gasteiger partial charge >= 0.3 is 17.9 Å². The quantitative estimate of drug-likeness (QED) is 0.0261. The summed E-state index contributed by atoms with van der Waals surface area (Å²) in [4.78, 5) is 38.3. The first-order valence-electron chi connectivity index (χ1n) is 35.7. The zero-order valence-corrected chi connectivity index (χ0v) is 53.2. The average Bonchev–Trinajstić information content (AvgIpc) is 3.44. The van der Waals surface area contributed by atoms with Crippen LogP contribution in [-0.2, 0) is 28.6 Å². The van der Waals surface area contributed by atoms with Crippen molar-refractivity contribution in [1.29, 1.82) is 0 Å². The van der Waals surface area contributed by atoms with Gasteiger partial charge in [-0.1, -0.05) is 360 Å². The molecule has 0 aromatic carbocycles. The molecule has 1 atom stereocenters. The van der Waals surface area contributed by atoms with E-state index in [9.17, 15) is 14.4 Å². The average molecular weight is 1100 g/mol. The lowest BCUT2D eigenvalue weighted by Crippen LogP contribution is -2.30. The van der Waals surface area contributed by atoms with Gasteiger partial charge in [0.2, 0.25) is 0 Å². The second-order valence-corrected chi connectivity index (χ2v) is 24.5. The Labute approximate surface area is 488 Å². The van der Waals surface area contributed by atoms with Crippen LogP contribution in [0.4, 0.5) is 0 Å². The normalized spacial score (nSPS) is 12.0. The predicted octanol–water partition coefficient (Wildman–Crippen LogP) is 24.4. The van der Waals surface area contributed by atoms with Crippen molar-refractivity contribution in [3.05, 3.63) is 12.2 Å². The fraction of sp³-hybridized carbons (Fsp3) is 0.931. The summed E-state index contributed by atoms with van der Waals surface area (Å²) in [6.07, 6.45) is 81.2. The van der Waals surface area contributed by atoms with Crippen LogP contribution >= 0.6 is 0 Å². The number of allylic oxidation sites excluding steroid dienone is 2. The molecule has 0 aliphatic heterocycles. The molecule has 0 radical (unpaired) electrons. The minimum atomic E-state index is -0.764. The largest absolute Gasteiger partial charge is 0.462 e. The van der Waals surface area contributed by atoms with E-state index in [-0.39, 0.29) is 31.1 Å². The maximum Gasteiger partial charge on any atom is 0.306 e. The molecule has 1 unspecified atom stereocenters. The Morgan fingerprint density at radius 2 is 0.423 bits per heavy atom. The van der Waals surface area contributed by atoms with Gasteiger partial charge in [0.25, 0.3) is 0 Å². The molecule has 0 amide bonds. The summed E-state index contributed by atoms with van der Waals surface area (Å²) in [5.41, 5.74) is 0. The molecule has 6 heteroatoms. The van der Waals surface area contributed by atoms with Crippen molar-refractivity contribution in [2.24, 2.45) is 0 Å². The van der Waals surface area contributed by atoms with Crippen LogP contribution in [0.5, 0.6) is 0 Å². The molecule has 78 heavy (non-hydrogen) atoms. The van der Waals surface area contributed by atoms with Gasteiger partial charge in [0.1, 0.15) is 13.2 Å². The van der Waals surface area contributed by atoms with Gasteiger partial charge < -0.3 is 14.2 Å². The van der Waals surface area contributed by atoms with Crippen molar-refractivity contribution in [2.45, 2.75) is 419 Å². The zero-order valence-electron chi connectivity index (χ0n) is 53.2. The first kappa shape index (κ1) is 76.1. The van der Waals surface area contributed by atoms with E-state index in [1.807, 2.05) is 0 Å². The van der Waals surface area contributed by atoms with Crippen LogP contribution in [0.2, 0.25) is 0 Å². The van der Waals surface area contributed by atoms with Gasteiger partial charge in [-0.15, -0.1) is 0 Å². The lowest BCUT2D eigenvalue weighted by molar-refractivity contribution is -0.167. The van der Waals surface area contributed by atoms with Crippen LogP contribution in [0, 0.1) is 0 Å². The Hall–Kier alpha value is -1.85. The molecule has 0 aromatic rings. The van der Waals surface area contributed by atoms with Crippen LogP contribution in [0.3, 0.4) is 0 Å². The number of carbonyl (C=O) groups is 3. The highest BCUT2D eigenvalue weighted by molar-refractivity contribution is 5.71. The summed E-state index contributed by atoms with van der Waals surface area (Å²) in [6, 6.07) is 0. The Morgan fingerprint density at radius 3 is 0.641 bits per heavy atom. The smallest absolute Gasteiger partial charge is 0.306 e. The molecular weight excluding hydrogens is 961 g/mol. The fourth-order valence-electron chi connectivity index (χ4n) is 11.2. The van der Waals surface area contributed by atoms with Gasteiger partial charge in [0.05, 0.1) is 0 Å². The molecule has 0 saturated carbocycles. The number of unbranched alkanes of at least 4 members (excludes halogenated alkanes) is 54. The van der Waals surface area contributed by atoms with Crippen molar-refractivity contribution in [2.75, 3.05) is 13.2 Å². The van der Waals surface area contributed by atoms with Crippen LogP contribution in [0.15, 0.2) is 12.2 Å². The first-order valence-corrected chi connectivity index (χ1v) is 35.7. The second kappa shape index (κ2) is 67.7. The molecule has 0 aromatic heterocycles. The molecule has 462 valence electrons. The van der Waals surface area contributed by atoms with Gasteiger partial charge in [-0.25, -0.2) is 0 Å². The van der Waals surface area contributed by atoms with Gasteiger partial charge in [-0.2, -0.15) is 0 Å². The van der Waals surface area contributed by atoms with E-state index >= 15 is 0 Å². The van der Waals surface area contributed by atoms with E-state index in [0.29, 0.717) is 19.3 Å². The lowest BCUT2D eigenvalue weighted by atomic mass is 10.0. The van der Waals surface area contributed by atoms with Gasteiger partial charge in [0, 0.05) is 19.3 Å². The molecule has 6 nitrogen and oxygen atoms in total. The van der Waals surface area contributed by atoms with Crippen molar-refractivity contribution in [3.8, 4) is 0 Å². The van der Waals surface area contributed by atoms with Crippen LogP contribution in [-0.4, -0.2) is 37.2 Å². The molecule has 0 aliphatic carbocycles. The Balaban J connectivity index is 4.06.